The summed E-state index contributed by atoms with van der Waals surface area (Å²) >= 11 is 0. The minimum Gasteiger partial charge on any atom is -0.497 e. The van der Waals surface area contributed by atoms with Gasteiger partial charge in [0.25, 0.3) is 5.91 Å². The first kappa shape index (κ1) is 20.5. The molecule has 1 heterocycles. The van der Waals surface area contributed by atoms with E-state index in [1.807, 2.05) is 12.1 Å². The van der Waals surface area contributed by atoms with Crippen molar-refractivity contribution in [3.63, 3.8) is 0 Å². The van der Waals surface area contributed by atoms with E-state index in [2.05, 4.69) is 5.32 Å². The van der Waals surface area contributed by atoms with Gasteiger partial charge in [-0.1, -0.05) is 12.1 Å². The molecule has 0 aromatic heterocycles. The van der Waals surface area contributed by atoms with Crippen LogP contribution in [-0.2, 0) is 9.53 Å². The zero-order valence-corrected chi connectivity index (χ0v) is 16.8. The molecule has 1 unspecified atom stereocenters. The minimum absolute atomic E-state index is 0.0147. The van der Waals surface area contributed by atoms with Gasteiger partial charge in [0, 0.05) is 5.56 Å². The van der Waals surface area contributed by atoms with Crippen molar-refractivity contribution in [2.75, 3.05) is 20.3 Å². The van der Waals surface area contributed by atoms with Crippen LogP contribution in [0, 0.1) is 0 Å². The lowest BCUT2D eigenvalue weighted by Gasteiger charge is -2.21. The van der Waals surface area contributed by atoms with Crippen LogP contribution < -0.4 is 19.5 Å². The zero-order valence-electron chi connectivity index (χ0n) is 16.8. The van der Waals surface area contributed by atoms with Crippen molar-refractivity contribution in [2.24, 2.45) is 0 Å². The molecule has 0 saturated heterocycles. The number of methoxy groups -OCH3 is 1. The van der Waals surface area contributed by atoms with Gasteiger partial charge in [-0.15, -0.1) is 0 Å². The molecule has 0 radical (unpaired) electrons. The summed E-state index contributed by atoms with van der Waals surface area (Å²) in [6, 6.07) is 11.7. The van der Waals surface area contributed by atoms with E-state index >= 15 is 0 Å². The number of amides is 1. The van der Waals surface area contributed by atoms with Crippen molar-refractivity contribution >= 4 is 11.9 Å². The molecule has 154 valence electrons. The van der Waals surface area contributed by atoms with Gasteiger partial charge >= 0.3 is 5.97 Å². The molecule has 2 aromatic carbocycles. The fourth-order valence-corrected chi connectivity index (χ4v) is 2.99. The molecular weight excluding hydrogens is 374 g/mol. The van der Waals surface area contributed by atoms with E-state index in [1.165, 1.54) is 0 Å². The minimum atomic E-state index is -0.548. The molecule has 29 heavy (non-hydrogen) atoms. The summed E-state index contributed by atoms with van der Waals surface area (Å²) < 4.78 is 21.5. The molecule has 0 saturated carbocycles. The van der Waals surface area contributed by atoms with E-state index in [1.54, 1.807) is 51.3 Å². The maximum atomic E-state index is 12.9. The summed E-state index contributed by atoms with van der Waals surface area (Å²) in [5.41, 5.74) is 1.20. The van der Waals surface area contributed by atoms with E-state index in [0.29, 0.717) is 36.0 Å². The Morgan fingerprint density at radius 2 is 1.72 bits per heavy atom. The van der Waals surface area contributed by atoms with Crippen molar-refractivity contribution in [3.8, 4) is 17.2 Å². The van der Waals surface area contributed by atoms with E-state index in [0.717, 1.165) is 5.56 Å². The second-order valence-electron chi connectivity index (χ2n) is 6.90. The third kappa shape index (κ3) is 5.40. The smallest absolute Gasteiger partial charge is 0.308 e. The van der Waals surface area contributed by atoms with Crippen LogP contribution in [0.4, 0.5) is 0 Å². The Hall–Kier alpha value is -3.22. The predicted octanol–water partition coefficient (Wildman–Crippen LogP) is 3.28. The Balaban J connectivity index is 1.79. The quantitative estimate of drug-likeness (QED) is 0.720. The van der Waals surface area contributed by atoms with Gasteiger partial charge in [-0.2, -0.15) is 0 Å². The lowest BCUT2D eigenvalue weighted by atomic mass is 10.0. The summed E-state index contributed by atoms with van der Waals surface area (Å²) in [4.78, 5) is 25.1. The van der Waals surface area contributed by atoms with Crippen molar-refractivity contribution in [1.82, 2.24) is 5.32 Å². The van der Waals surface area contributed by atoms with Crippen molar-refractivity contribution < 1.29 is 28.5 Å². The number of hydrogen-bond donors (Lipinski definition) is 1. The molecule has 0 bridgehead atoms. The largest absolute Gasteiger partial charge is 0.497 e. The number of benzene rings is 2. The van der Waals surface area contributed by atoms with Crippen LogP contribution in [0.15, 0.2) is 42.5 Å². The third-order valence-electron chi connectivity index (χ3n) is 4.37. The molecule has 1 N–H and O–H groups in total. The molecule has 1 aliphatic rings. The summed E-state index contributed by atoms with van der Waals surface area (Å²) in [7, 11) is 1.58. The van der Waals surface area contributed by atoms with E-state index < -0.39 is 6.04 Å². The van der Waals surface area contributed by atoms with Gasteiger partial charge in [0.15, 0.2) is 11.5 Å². The topological polar surface area (TPSA) is 83.1 Å². The monoisotopic (exact) mass is 399 g/mol. The summed E-state index contributed by atoms with van der Waals surface area (Å²) in [6.07, 6.45) is -0.214. The summed E-state index contributed by atoms with van der Waals surface area (Å²) in [5, 5.41) is 2.92. The Morgan fingerprint density at radius 1 is 1.03 bits per heavy atom. The molecule has 1 aliphatic heterocycles. The SMILES string of the molecule is COc1ccc(C(CC(=O)OC(C)C)NC(=O)c2ccc3c(c2)OCCO3)cc1. The molecule has 1 amide bonds. The Labute approximate surface area is 169 Å². The lowest BCUT2D eigenvalue weighted by Crippen LogP contribution is -2.31. The van der Waals surface area contributed by atoms with Crippen LogP contribution >= 0.6 is 0 Å². The highest BCUT2D eigenvalue weighted by atomic mass is 16.6. The first-order chi connectivity index (χ1) is 14.0. The third-order valence-corrected chi connectivity index (χ3v) is 4.37. The number of carbonyl (C=O) groups is 2. The van der Waals surface area contributed by atoms with Gasteiger partial charge < -0.3 is 24.3 Å². The normalized spacial score (nSPS) is 13.5. The zero-order chi connectivity index (χ0) is 20.8. The maximum absolute atomic E-state index is 12.9. The van der Waals surface area contributed by atoms with E-state index in [9.17, 15) is 9.59 Å². The number of hydrogen-bond acceptors (Lipinski definition) is 6. The first-order valence-electron chi connectivity index (χ1n) is 9.50. The van der Waals surface area contributed by atoms with Crippen LogP contribution in [0.3, 0.4) is 0 Å². The van der Waals surface area contributed by atoms with Crippen molar-refractivity contribution in [3.05, 3.63) is 53.6 Å². The number of fused-ring (bicyclic) bond motifs is 1. The number of carbonyl (C=O) groups excluding carboxylic acids is 2. The lowest BCUT2D eigenvalue weighted by molar-refractivity contribution is -0.147. The van der Waals surface area contributed by atoms with Gasteiger partial charge in [-0.3, -0.25) is 9.59 Å². The van der Waals surface area contributed by atoms with Crippen molar-refractivity contribution in [1.29, 1.82) is 0 Å². The van der Waals surface area contributed by atoms with Crippen LogP contribution in [0.5, 0.6) is 17.2 Å². The average molecular weight is 399 g/mol. The average Bonchev–Trinajstić information content (AvgIpc) is 2.72. The van der Waals surface area contributed by atoms with Crippen LogP contribution in [0.25, 0.3) is 0 Å². The molecule has 0 spiro atoms. The second kappa shape index (κ2) is 9.32. The number of nitrogens with one attached hydrogen (secondary N) is 1. The highest BCUT2D eigenvalue weighted by molar-refractivity contribution is 5.95. The highest BCUT2D eigenvalue weighted by Gasteiger charge is 2.22. The second-order valence-corrected chi connectivity index (χ2v) is 6.90. The van der Waals surface area contributed by atoms with Gasteiger partial charge in [-0.25, -0.2) is 0 Å². The highest BCUT2D eigenvalue weighted by Crippen LogP contribution is 2.31. The molecule has 3 rings (SSSR count). The molecule has 0 aliphatic carbocycles. The Bertz CT molecular complexity index is 862. The van der Waals surface area contributed by atoms with Crippen molar-refractivity contribution in [2.45, 2.75) is 32.4 Å². The summed E-state index contributed by atoms with van der Waals surface area (Å²) in [5.74, 6) is 1.13. The number of ether oxygens (including phenoxy) is 4. The Morgan fingerprint density at radius 3 is 2.38 bits per heavy atom. The fourth-order valence-electron chi connectivity index (χ4n) is 2.99. The summed E-state index contributed by atoms with van der Waals surface area (Å²) in [6.45, 7) is 4.49. The fraction of sp³-hybridized carbons (Fsp3) is 0.364. The van der Waals surface area contributed by atoms with E-state index in [4.69, 9.17) is 18.9 Å². The van der Waals surface area contributed by atoms with Gasteiger partial charge in [0.1, 0.15) is 19.0 Å². The van der Waals surface area contributed by atoms with Gasteiger partial charge in [0.05, 0.1) is 25.7 Å². The Kier molecular flexibility index (Phi) is 6.59. The molecule has 0 fully saturated rings. The standard InChI is InChI=1S/C22H25NO6/c1-14(2)29-21(24)13-18(15-4-7-17(26-3)8-5-15)23-22(25)16-6-9-19-20(12-16)28-11-10-27-19/h4-9,12,14,18H,10-11,13H2,1-3H3,(H,23,25). The predicted molar refractivity (Wildman–Crippen MR) is 106 cm³/mol. The maximum Gasteiger partial charge on any atom is 0.308 e. The molecule has 7 heteroatoms. The van der Waals surface area contributed by atoms with Gasteiger partial charge in [-0.05, 0) is 49.7 Å². The van der Waals surface area contributed by atoms with Crippen LogP contribution in [-0.4, -0.2) is 38.3 Å². The first-order valence-corrected chi connectivity index (χ1v) is 9.50. The molecular formula is C22H25NO6. The van der Waals surface area contributed by atoms with Gasteiger partial charge in [0.2, 0.25) is 0 Å². The molecule has 1 atom stereocenters. The molecule has 2 aromatic rings. The van der Waals surface area contributed by atoms with E-state index in [-0.39, 0.29) is 24.4 Å². The number of esters is 1. The number of rotatable bonds is 7. The molecule has 7 nitrogen and oxygen atoms in total. The van der Waals surface area contributed by atoms with Crippen LogP contribution in [0.2, 0.25) is 0 Å². The van der Waals surface area contributed by atoms with Crippen LogP contribution in [0.1, 0.15) is 42.2 Å².